The minimum absolute atomic E-state index is 0.0174. The summed E-state index contributed by atoms with van der Waals surface area (Å²) in [4.78, 5) is 0. The normalized spacial score (nSPS) is 23.8. The Morgan fingerprint density at radius 1 is 1.29 bits per heavy atom. The van der Waals surface area contributed by atoms with Gasteiger partial charge in [0.15, 0.2) is 0 Å². The van der Waals surface area contributed by atoms with E-state index in [1.54, 1.807) is 14.2 Å². The molecule has 94 valence electrons. The van der Waals surface area contributed by atoms with Crippen molar-refractivity contribution in [3.63, 3.8) is 0 Å². The Kier molecular flexibility index (Phi) is 3.64. The molecule has 4 heteroatoms. The Balaban J connectivity index is 2.52. The van der Waals surface area contributed by atoms with Gasteiger partial charge >= 0.3 is 0 Å². The molecule has 1 atom stereocenters. The third-order valence-corrected chi connectivity index (χ3v) is 4.03. The maximum atomic E-state index is 5.50. The van der Waals surface area contributed by atoms with E-state index in [-0.39, 0.29) is 5.54 Å². The van der Waals surface area contributed by atoms with Crippen LogP contribution in [0.25, 0.3) is 0 Å². The number of halogens is 1. The summed E-state index contributed by atoms with van der Waals surface area (Å²) in [6, 6.07) is 3.93. The molecule has 1 aliphatic rings. The lowest BCUT2D eigenvalue weighted by Crippen LogP contribution is -2.34. The van der Waals surface area contributed by atoms with Gasteiger partial charge in [-0.15, -0.1) is 0 Å². The van der Waals surface area contributed by atoms with Crippen LogP contribution in [0.15, 0.2) is 16.6 Å². The van der Waals surface area contributed by atoms with E-state index in [0.29, 0.717) is 0 Å². The number of nitrogens with one attached hydrogen (secondary N) is 1. The SMILES string of the molecule is COc1cc(Br)c(C2(C)CCCN2)c(OC)c1. The summed E-state index contributed by atoms with van der Waals surface area (Å²) in [5, 5.41) is 3.55. The molecule has 1 saturated heterocycles. The lowest BCUT2D eigenvalue weighted by Gasteiger charge is -2.28. The fraction of sp³-hybridized carbons (Fsp3) is 0.538. The number of ether oxygens (including phenoxy) is 2. The average molecular weight is 300 g/mol. The van der Waals surface area contributed by atoms with Crippen LogP contribution in [0.3, 0.4) is 0 Å². The van der Waals surface area contributed by atoms with Gasteiger partial charge in [0.05, 0.1) is 14.2 Å². The molecule has 0 radical (unpaired) electrons. The fourth-order valence-electron chi connectivity index (χ4n) is 2.48. The summed E-state index contributed by atoms with van der Waals surface area (Å²) in [6.45, 7) is 3.27. The van der Waals surface area contributed by atoms with Crippen molar-refractivity contribution >= 4 is 15.9 Å². The number of rotatable bonds is 3. The molecule has 1 aromatic carbocycles. The summed E-state index contributed by atoms with van der Waals surface area (Å²) >= 11 is 3.62. The van der Waals surface area contributed by atoms with E-state index in [2.05, 4.69) is 28.2 Å². The summed E-state index contributed by atoms with van der Waals surface area (Å²) in [5.41, 5.74) is 1.16. The Labute approximate surface area is 111 Å². The van der Waals surface area contributed by atoms with Gasteiger partial charge in [-0.1, -0.05) is 15.9 Å². The van der Waals surface area contributed by atoms with Gasteiger partial charge in [0.2, 0.25) is 0 Å². The van der Waals surface area contributed by atoms with Gasteiger partial charge in [0.1, 0.15) is 11.5 Å². The molecular weight excluding hydrogens is 282 g/mol. The molecule has 1 unspecified atom stereocenters. The third kappa shape index (κ3) is 2.29. The summed E-state index contributed by atoms with van der Waals surface area (Å²) in [7, 11) is 3.36. The molecule has 17 heavy (non-hydrogen) atoms. The maximum absolute atomic E-state index is 5.50. The predicted octanol–water partition coefficient (Wildman–Crippen LogP) is 3.06. The second-order valence-corrected chi connectivity index (χ2v) is 5.40. The van der Waals surface area contributed by atoms with Crippen LogP contribution >= 0.6 is 15.9 Å². The van der Waals surface area contributed by atoms with E-state index in [1.165, 1.54) is 12.0 Å². The fourth-order valence-corrected chi connectivity index (χ4v) is 3.34. The van der Waals surface area contributed by atoms with E-state index in [9.17, 15) is 0 Å². The Bertz CT molecular complexity index is 414. The molecule has 1 aliphatic heterocycles. The second kappa shape index (κ2) is 4.86. The van der Waals surface area contributed by atoms with Crippen LogP contribution in [0.5, 0.6) is 11.5 Å². The number of methoxy groups -OCH3 is 2. The molecular formula is C13H18BrNO2. The average Bonchev–Trinajstić information content (AvgIpc) is 2.75. The molecule has 1 heterocycles. The maximum Gasteiger partial charge on any atom is 0.128 e. The van der Waals surface area contributed by atoms with E-state index in [1.807, 2.05) is 12.1 Å². The summed E-state index contributed by atoms with van der Waals surface area (Å²) in [6.07, 6.45) is 2.31. The highest BCUT2D eigenvalue weighted by Crippen LogP contribution is 2.42. The molecule has 0 saturated carbocycles. The predicted molar refractivity (Wildman–Crippen MR) is 71.8 cm³/mol. The Morgan fingerprint density at radius 2 is 2.06 bits per heavy atom. The minimum Gasteiger partial charge on any atom is -0.497 e. The number of hydrogen-bond acceptors (Lipinski definition) is 3. The summed E-state index contributed by atoms with van der Waals surface area (Å²) in [5.74, 6) is 1.67. The molecule has 3 nitrogen and oxygen atoms in total. The van der Waals surface area contributed by atoms with Crippen LogP contribution < -0.4 is 14.8 Å². The van der Waals surface area contributed by atoms with Crippen molar-refractivity contribution in [2.24, 2.45) is 0 Å². The monoisotopic (exact) mass is 299 g/mol. The first-order valence-electron chi connectivity index (χ1n) is 5.78. The molecule has 0 bridgehead atoms. The Morgan fingerprint density at radius 3 is 2.59 bits per heavy atom. The van der Waals surface area contributed by atoms with Crippen LogP contribution in [-0.4, -0.2) is 20.8 Å². The molecule has 0 spiro atoms. The summed E-state index contributed by atoms with van der Waals surface area (Å²) < 4.78 is 11.8. The van der Waals surface area contributed by atoms with Crippen molar-refractivity contribution < 1.29 is 9.47 Å². The first kappa shape index (κ1) is 12.7. The molecule has 0 amide bonds. The van der Waals surface area contributed by atoms with Gasteiger partial charge in [-0.3, -0.25) is 0 Å². The lowest BCUT2D eigenvalue weighted by molar-refractivity contribution is 0.361. The smallest absolute Gasteiger partial charge is 0.128 e. The van der Waals surface area contributed by atoms with Gasteiger partial charge in [0, 0.05) is 21.6 Å². The molecule has 0 aromatic heterocycles. The highest BCUT2D eigenvalue weighted by atomic mass is 79.9. The molecule has 1 aromatic rings. The van der Waals surface area contributed by atoms with E-state index < -0.39 is 0 Å². The lowest BCUT2D eigenvalue weighted by atomic mass is 9.89. The minimum atomic E-state index is -0.0174. The first-order valence-corrected chi connectivity index (χ1v) is 6.57. The molecule has 0 aliphatic carbocycles. The van der Waals surface area contributed by atoms with Crippen molar-refractivity contribution in [3.05, 3.63) is 22.2 Å². The van der Waals surface area contributed by atoms with Gasteiger partial charge in [-0.25, -0.2) is 0 Å². The van der Waals surface area contributed by atoms with Gasteiger partial charge in [0.25, 0.3) is 0 Å². The second-order valence-electron chi connectivity index (χ2n) is 4.55. The number of benzene rings is 1. The van der Waals surface area contributed by atoms with Crippen molar-refractivity contribution in [1.82, 2.24) is 5.32 Å². The molecule has 1 N–H and O–H groups in total. The van der Waals surface area contributed by atoms with E-state index in [0.717, 1.165) is 28.9 Å². The molecule has 1 fully saturated rings. The van der Waals surface area contributed by atoms with Crippen LogP contribution in [0.4, 0.5) is 0 Å². The third-order valence-electron chi connectivity index (χ3n) is 3.40. The van der Waals surface area contributed by atoms with Crippen LogP contribution in [0.2, 0.25) is 0 Å². The van der Waals surface area contributed by atoms with Crippen molar-refractivity contribution in [3.8, 4) is 11.5 Å². The zero-order chi connectivity index (χ0) is 12.5. The van der Waals surface area contributed by atoms with Crippen LogP contribution in [0.1, 0.15) is 25.3 Å². The number of hydrogen-bond donors (Lipinski definition) is 1. The van der Waals surface area contributed by atoms with E-state index >= 15 is 0 Å². The Hall–Kier alpha value is -0.740. The highest BCUT2D eigenvalue weighted by molar-refractivity contribution is 9.10. The van der Waals surface area contributed by atoms with Crippen molar-refractivity contribution in [2.45, 2.75) is 25.3 Å². The van der Waals surface area contributed by atoms with Gasteiger partial charge in [-0.2, -0.15) is 0 Å². The largest absolute Gasteiger partial charge is 0.497 e. The quantitative estimate of drug-likeness (QED) is 0.930. The standard InChI is InChI=1S/C13H18BrNO2/c1-13(5-4-6-15-13)12-10(14)7-9(16-2)8-11(12)17-3/h7-8,15H,4-6H2,1-3H3. The first-order chi connectivity index (χ1) is 8.10. The van der Waals surface area contributed by atoms with Crippen LogP contribution in [-0.2, 0) is 5.54 Å². The highest BCUT2D eigenvalue weighted by Gasteiger charge is 2.34. The zero-order valence-corrected chi connectivity index (χ0v) is 12.1. The van der Waals surface area contributed by atoms with Gasteiger partial charge < -0.3 is 14.8 Å². The zero-order valence-electron chi connectivity index (χ0n) is 10.5. The van der Waals surface area contributed by atoms with Gasteiger partial charge in [-0.05, 0) is 32.4 Å². The van der Waals surface area contributed by atoms with E-state index in [4.69, 9.17) is 9.47 Å². The van der Waals surface area contributed by atoms with Crippen LogP contribution in [0, 0.1) is 0 Å². The van der Waals surface area contributed by atoms with Crippen molar-refractivity contribution in [2.75, 3.05) is 20.8 Å². The van der Waals surface area contributed by atoms with Crippen molar-refractivity contribution in [1.29, 1.82) is 0 Å². The topological polar surface area (TPSA) is 30.5 Å². The molecule has 2 rings (SSSR count).